The van der Waals surface area contributed by atoms with E-state index in [4.69, 9.17) is 27.9 Å². The second-order valence-electron chi connectivity index (χ2n) is 12.0. The summed E-state index contributed by atoms with van der Waals surface area (Å²) in [6, 6.07) is 4.12. The van der Waals surface area contributed by atoms with E-state index in [0.717, 1.165) is 11.7 Å². The van der Waals surface area contributed by atoms with E-state index in [1.54, 1.807) is 24.6 Å². The summed E-state index contributed by atoms with van der Waals surface area (Å²) in [4.78, 5) is 29.7. The highest BCUT2D eigenvalue weighted by Crippen LogP contribution is 2.29. The number of aromatic nitrogens is 5. The molecule has 2 amide bonds. The average molecular weight is 671 g/mol. The Morgan fingerprint density at radius 2 is 1.89 bits per heavy atom. The maximum atomic E-state index is 15.4. The van der Waals surface area contributed by atoms with E-state index >= 15 is 4.39 Å². The Morgan fingerprint density at radius 1 is 1.16 bits per heavy atom. The van der Waals surface area contributed by atoms with Crippen molar-refractivity contribution in [2.24, 2.45) is 0 Å². The maximum Gasteiger partial charge on any atom is 0.270 e. The zero-order chi connectivity index (χ0) is 32.6. The zero-order valence-corrected chi connectivity index (χ0v) is 28.5. The largest absolute Gasteiger partial charge is 0.394 e. The zero-order valence-electron chi connectivity index (χ0n) is 26.0. The molecule has 0 aliphatic heterocycles. The lowest BCUT2D eigenvalue weighted by Crippen LogP contribution is -2.44. The standard InChI is InChI=1S/C29H42Cl2FN7O4Si/c1-18(16-40)39-23(12-13-33-39)29(42)34-22(8-7-9-24(30)31)28(41)36-25-11-10-21(27(32)35-25)26-19(2)37-38(20(26)3)17-43-14-15-44(4,5)6/h10-13,18,22,24,40H,7-9,14-17H2,1-6H3,(H,34,42)(H,35,36,41)/t18-,22-/m0/s1. The first-order valence-electron chi connectivity index (χ1n) is 14.5. The Morgan fingerprint density at radius 3 is 2.52 bits per heavy atom. The Bertz CT molecular complexity index is 1430. The van der Waals surface area contributed by atoms with Crippen LogP contribution >= 0.6 is 23.2 Å². The normalized spacial score (nSPS) is 13.2. The number of aryl methyl sites for hydroxylation is 1. The molecule has 0 fully saturated rings. The molecule has 0 radical (unpaired) electrons. The number of nitrogens with zero attached hydrogens (tertiary/aromatic N) is 5. The van der Waals surface area contributed by atoms with Crippen molar-refractivity contribution < 1.29 is 23.8 Å². The Kier molecular flexibility index (Phi) is 12.9. The number of aliphatic hydroxyl groups is 1. The van der Waals surface area contributed by atoms with Crippen molar-refractivity contribution in [1.29, 1.82) is 0 Å². The molecule has 11 nitrogen and oxygen atoms in total. The van der Waals surface area contributed by atoms with Gasteiger partial charge in [-0.3, -0.25) is 14.3 Å². The minimum atomic E-state index is -1.23. The molecule has 0 aromatic carbocycles. The number of anilines is 1. The van der Waals surface area contributed by atoms with Crippen molar-refractivity contribution in [2.45, 2.75) is 89.4 Å². The number of hydrogen-bond donors (Lipinski definition) is 3. The fourth-order valence-corrected chi connectivity index (χ4v) is 5.61. The van der Waals surface area contributed by atoms with Gasteiger partial charge in [-0.25, -0.2) is 9.67 Å². The lowest BCUT2D eigenvalue weighted by Gasteiger charge is -2.20. The van der Waals surface area contributed by atoms with Crippen molar-refractivity contribution >= 4 is 48.9 Å². The van der Waals surface area contributed by atoms with E-state index in [1.165, 1.54) is 23.0 Å². The number of carbonyl (C=O) groups is 2. The lowest BCUT2D eigenvalue weighted by atomic mass is 10.1. The van der Waals surface area contributed by atoms with Crippen LogP contribution in [0, 0.1) is 19.8 Å². The average Bonchev–Trinajstić information content (AvgIpc) is 3.54. The van der Waals surface area contributed by atoms with Crippen LogP contribution in [0.25, 0.3) is 11.1 Å². The van der Waals surface area contributed by atoms with Gasteiger partial charge in [-0.05, 0) is 64.3 Å². The smallest absolute Gasteiger partial charge is 0.270 e. The highest BCUT2D eigenvalue weighted by Gasteiger charge is 2.26. The van der Waals surface area contributed by atoms with E-state index in [0.29, 0.717) is 30.7 Å². The Hall–Kier alpha value is -2.84. The molecule has 0 unspecified atom stereocenters. The summed E-state index contributed by atoms with van der Waals surface area (Å²) in [7, 11) is -1.23. The number of amides is 2. The molecule has 3 aromatic heterocycles. The van der Waals surface area contributed by atoms with Gasteiger partial charge in [-0.2, -0.15) is 14.6 Å². The van der Waals surface area contributed by atoms with Crippen LogP contribution in [0.3, 0.4) is 0 Å². The van der Waals surface area contributed by atoms with Crippen LogP contribution in [0.15, 0.2) is 24.4 Å². The fraction of sp³-hybridized carbons (Fsp3) is 0.552. The topological polar surface area (TPSA) is 136 Å². The molecule has 242 valence electrons. The summed E-state index contributed by atoms with van der Waals surface area (Å²) in [5, 5.41) is 23.4. The van der Waals surface area contributed by atoms with Crippen LogP contribution in [-0.4, -0.2) is 73.6 Å². The van der Waals surface area contributed by atoms with Crippen molar-refractivity contribution in [1.82, 2.24) is 29.9 Å². The molecular weight excluding hydrogens is 628 g/mol. The minimum Gasteiger partial charge on any atom is -0.394 e. The van der Waals surface area contributed by atoms with Crippen LogP contribution in [0.1, 0.15) is 54.1 Å². The van der Waals surface area contributed by atoms with E-state index in [-0.39, 0.29) is 36.8 Å². The molecule has 3 heterocycles. The predicted molar refractivity (Wildman–Crippen MR) is 172 cm³/mol. The van der Waals surface area contributed by atoms with Crippen molar-refractivity contribution in [3.05, 3.63) is 47.4 Å². The number of ether oxygens (including phenoxy) is 1. The third-order valence-electron chi connectivity index (χ3n) is 7.08. The van der Waals surface area contributed by atoms with E-state index in [1.807, 2.05) is 6.92 Å². The van der Waals surface area contributed by atoms with Gasteiger partial charge in [0.1, 0.15) is 29.1 Å². The lowest BCUT2D eigenvalue weighted by molar-refractivity contribution is -0.118. The van der Waals surface area contributed by atoms with Gasteiger partial charge in [0.2, 0.25) is 11.9 Å². The van der Waals surface area contributed by atoms with E-state index in [2.05, 4.69) is 45.5 Å². The van der Waals surface area contributed by atoms with Gasteiger partial charge < -0.3 is 20.5 Å². The summed E-state index contributed by atoms with van der Waals surface area (Å²) in [6.45, 7) is 12.9. The quantitative estimate of drug-likeness (QED) is 0.0796. The summed E-state index contributed by atoms with van der Waals surface area (Å²) in [5.41, 5.74) is 2.40. The van der Waals surface area contributed by atoms with Gasteiger partial charge in [-0.1, -0.05) is 19.6 Å². The summed E-state index contributed by atoms with van der Waals surface area (Å²) in [5.74, 6) is -1.93. The molecule has 44 heavy (non-hydrogen) atoms. The molecule has 0 aliphatic rings. The molecule has 0 bridgehead atoms. The van der Waals surface area contributed by atoms with Gasteiger partial charge in [0, 0.05) is 37.7 Å². The SMILES string of the molecule is Cc1nn(COCC[Si](C)(C)C)c(C)c1-c1ccc(NC(=O)[C@H](CCCC(Cl)Cl)NC(=O)c2ccnn2[C@@H](C)CO)nc1F. The number of carbonyl (C=O) groups excluding carboxylic acids is 2. The van der Waals surface area contributed by atoms with Crippen LogP contribution in [0.5, 0.6) is 0 Å². The summed E-state index contributed by atoms with van der Waals surface area (Å²) >= 11 is 11.7. The van der Waals surface area contributed by atoms with E-state index in [9.17, 15) is 14.7 Å². The van der Waals surface area contributed by atoms with Gasteiger partial charge >= 0.3 is 0 Å². The molecule has 0 spiro atoms. The highest BCUT2D eigenvalue weighted by atomic mass is 35.5. The predicted octanol–water partition coefficient (Wildman–Crippen LogP) is 5.47. The van der Waals surface area contributed by atoms with Crippen molar-refractivity contribution in [2.75, 3.05) is 18.5 Å². The summed E-state index contributed by atoms with van der Waals surface area (Å²) in [6.07, 6.45) is 2.49. The number of rotatable bonds is 16. The molecule has 2 atom stereocenters. The number of pyridine rings is 1. The number of alkyl halides is 2. The van der Waals surface area contributed by atoms with Crippen LogP contribution < -0.4 is 10.6 Å². The molecule has 3 aromatic rings. The highest BCUT2D eigenvalue weighted by molar-refractivity contribution is 6.76. The number of nitrogens with one attached hydrogen (secondary N) is 2. The Balaban J connectivity index is 1.75. The van der Waals surface area contributed by atoms with Crippen molar-refractivity contribution in [3.63, 3.8) is 0 Å². The van der Waals surface area contributed by atoms with Crippen LogP contribution in [0.2, 0.25) is 25.7 Å². The third kappa shape index (κ3) is 9.83. The maximum absolute atomic E-state index is 15.4. The van der Waals surface area contributed by atoms with Gasteiger partial charge in [0.25, 0.3) is 5.91 Å². The van der Waals surface area contributed by atoms with E-state index < -0.39 is 42.8 Å². The molecule has 15 heteroatoms. The second kappa shape index (κ2) is 15.9. The molecule has 0 saturated heterocycles. The number of hydrogen-bond acceptors (Lipinski definition) is 7. The molecule has 0 saturated carbocycles. The minimum absolute atomic E-state index is 0.0145. The number of aliphatic hydroxyl groups excluding tert-OH is 1. The monoisotopic (exact) mass is 669 g/mol. The molecule has 3 rings (SSSR count). The second-order valence-corrected chi connectivity index (χ2v) is 18.9. The van der Waals surface area contributed by atoms with Crippen molar-refractivity contribution in [3.8, 4) is 11.1 Å². The molecule has 0 aliphatic carbocycles. The molecular formula is C29H42Cl2FN7O4Si. The first kappa shape index (κ1) is 35.6. The van der Waals surface area contributed by atoms with Gasteiger partial charge in [-0.15, -0.1) is 23.2 Å². The summed E-state index contributed by atoms with van der Waals surface area (Å²) < 4.78 is 24.3. The fourth-order valence-electron chi connectivity index (χ4n) is 4.55. The van der Waals surface area contributed by atoms with Gasteiger partial charge in [0.15, 0.2) is 0 Å². The van der Waals surface area contributed by atoms with Gasteiger partial charge in [0.05, 0.1) is 18.3 Å². The first-order chi connectivity index (χ1) is 20.7. The van der Waals surface area contributed by atoms with Crippen LogP contribution in [-0.2, 0) is 16.3 Å². The van der Waals surface area contributed by atoms with Crippen LogP contribution in [0.4, 0.5) is 10.2 Å². The first-order valence-corrected chi connectivity index (χ1v) is 19.1. The number of halogens is 3. The third-order valence-corrected chi connectivity index (χ3v) is 9.22. The Labute approximate surface area is 268 Å². The molecule has 3 N–H and O–H groups in total.